The molecule has 4 N–H and O–H groups in total. The molecule has 0 fully saturated rings. The molecular weight excluding hydrogens is 364 g/mol. The number of nitrogens with two attached hydrogens (primary N) is 1. The Hall–Kier alpha value is -3.46. The van der Waals surface area contributed by atoms with E-state index >= 15 is 0 Å². The van der Waals surface area contributed by atoms with Gasteiger partial charge in [0.15, 0.2) is 5.13 Å². The van der Waals surface area contributed by atoms with Gasteiger partial charge in [-0.3, -0.25) is 14.0 Å². The fraction of sp³-hybridized carbons (Fsp3) is 0.111. The van der Waals surface area contributed by atoms with Crippen LogP contribution in [0.4, 0.5) is 5.13 Å². The summed E-state index contributed by atoms with van der Waals surface area (Å²) in [7, 11) is 1.83. The van der Waals surface area contributed by atoms with Crippen LogP contribution < -0.4 is 16.4 Å². The molecule has 0 aliphatic carbocycles. The lowest BCUT2D eigenvalue weighted by Crippen LogP contribution is -2.23. The van der Waals surface area contributed by atoms with Gasteiger partial charge in [0.2, 0.25) is 0 Å². The Kier molecular flexibility index (Phi) is 4.21. The van der Waals surface area contributed by atoms with Crippen LogP contribution in [0.3, 0.4) is 0 Å². The Balaban J connectivity index is 1.56. The van der Waals surface area contributed by atoms with Crippen LogP contribution >= 0.6 is 11.3 Å². The predicted molar refractivity (Wildman–Crippen MR) is 104 cm³/mol. The average Bonchev–Trinajstić information content (AvgIpc) is 3.29. The number of amides is 2. The number of pyridine rings is 1. The minimum atomic E-state index is -0.598. The van der Waals surface area contributed by atoms with Gasteiger partial charge in [0.05, 0.1) is 22.0 Å². The van der Waals surface area contributed by atoms with Crippen molar-refractivity contribution < 1.29 is 9.59 Å². The van der Waals surface area contributed by atoms with Gasteiger partial charge in [-0.05, 0) is 29.8 Å². The highest BCUT2D eigenvalue weighted by Gasteiger charge is 2.15. The third kappa shape index (κ3) is 3.08. The number of imidazole rings is 1. The van der Waals surface area contributed by atoms with Crippen molar-refractivity contribution in [3.8, 4) is 0 Å². The number of thiazole rings is 1. The number of nitrogens with zero attached hydrogens (tertiary/aromatic N) is 3. The molecule has 0 atom stereocenters. The minimum absolute atomic E-state index is 0.232. The van der Waals surface area contributed by atoms with Crippen LogP contribution in [-0.2, 0) is 6.54 Å². The van der Waals surface area contributed by atoms with E-state index < -0.39 is 5.91 Å². The second-order valence-corrected chi connectivity index (χ2v) is 6.91. The van der Waals surface area contributed by atoms with Gasteiger partial charge in [0.25, 0.3) is 11.8 Å². The standard InChI is InChI=1S/C18H16N6O2S/c1-20-18-23-12-5-4-10(7-14(12)27-18)8-22-17(26)11-3-2-6-24-13(15(19)25)9-21-16(11)24/h2-7,9H,8H2,1H3,(H2,19,25)(H,20,23)(H,22,26). The lowest BCUT2D eigenvalue weighted by molar-refractivity contribution is 0.0949. The molecule has 1 aromatic carbocycles. The van der Waals surface area contributed by atoms with Crippen LogP contribution in [0, 0.1) is 0 Å². The van der Waals surface area contributed by atoms with Gasteiger partial charge in [-0.2, -0.15) is 0 Å². The van der Waals surface area contributed by atoms with Crippen molar-refractivity contribution in [1.82, 2.24) is 19.7 Å². The number of aromatic nitrogens is 3. The number of hydrogen-bond donors (Lipinski definition) is 3. The molecular formula is C18H16N6O2S. The van der Waals surface area contributed by atoms with Crippen molar-refractivity contribution in [1.29, 1.82) is 0 Å². The van der Waals surface area contributed by atoms with E-state index in [4.69, 9.17) is 5.73 Å². The van der Waals surface area contributed by atoms with Crippen LogP contribution in [0.5, 0.6) is 0 Å². The van der Waals surface area contributed by atoms with E-state index in [2.05, 4.69) is 20.6 Å². The van der Waals surface area contributed by atoms with Crippen LogP contribution in [0.25, 0.3) is 15.9 Å². The first-order valence-corrected chi connectivity index (χ1v) is 9.00. The molecule has 0 aliphatic heterocycles. The maximum atomic E-state index is 12.6. The van der Waals surface area contributed by atoms with Gasteiger partial charge >= 0.3 is 0 Å². The number of fused-ring (bicyclic) bond motifs is 2. The van der Waals surface area contributed by atoms with Crippen LogP contribution in [-0.4, -0.2) is 33.2 Å². The van der Waals surface area contributed by atoms with Gasteiger partial charge in [-0.15, -0.1) is 0 Å². The largest absolute Gasteiger partial charge is 0.365 e. The van der Waals surface area contributed by atoms with Crippen molar-refractivity contribution in [3.05, 3.63) is 59.5 Å². The molecule has 0 aliphatic rings. The summed E-state index contributed by atoms with van der Waals surface area (Å²) in [5.74, 6) is -0.874. The quantitative estimate of drug-likeness (QED) is 0.490. The molecule has 4 aromatic rings. The van der Waals surface area contributed by atoms with Gasteiger partial charge in [0.1, 0.15) is 11.3 Å². The zero-order valence-electron chi connectivity index (χ0n) is 14.4. The van der Waals surface area contributed by atoms with Crippen molar-refractivity contribution in [3.63, 3.8) is 0 Å². The van der Waals surface area contributed by atoms with Gasteiger partial charge in [0, 0.05) is 19.8 Å². The number of rotatable bonds is 5. The van der Waals surface area contributed by atoms with Crippen LogP contribution in [0.1, 0.15) is 26.4 Å². The number of primary amides is 1. The van der Waals surface area contributed by atoms with Gasteiger partial charge in [-0.1, -0.05) is 17.4 Å². The monoisotopic (exact) mass is 380 g/mol. The lowest BCUT2D eigenvalue weighted by Gasteiger charge is -2.07. The first kappa shape index (κ1) is 17.0. The topological polar surface area (TPSA) is 114 Å². The summed E-state index contributed by atoms with van der Waals surface area (Å²) in [4.78, 5) is 32.7. The Labute approximate surface area is 158 Å². The molecule has 3 aromatic heterocycles. The maximum Gasteiger partial charge on any atom is 0.267 e. The number of hydrogen-bond acceptors (Lipinski definition) is 6. The molecule has 3 heterocycles. The van der Waals surface area contributed by atoms with E-state index in [1.807, 2.05) is 25.2 Å². The summed E-state index contributed by atoms with van der Waals surface area (Å²) < 4.78 is 2.56. The molecule has 0 bridgehead atoms. The third-order valence-electron chi connectivity index (χ3n) is 4.15. The maximum absolute atomic E-state index is 12.6. The number of carbonyl (C=O) groups is 2. The Bertz CT molecular complexity index is 1180. The van der Waals surface area contributed by atoms with Crippen molar-refractivity contribution in [2.45, 2.75) is 6.54 Å². The zero-order valence-corrected chi connectivity index (χ0v) is 15.2. The summed E-state index contributed by atoms with van der Waals surface area (Å²) in [6, 6.07) is 9.22. The molecule has 0 radical (unpaired) electrons. The normalized spacial score (nSPS) is 11.0. The fourth-order valence-electron chi connectivity index (χ4n) is 2.83. The second kappa shape index (κ2) is 6.69. The molecule has 136 valence electrons. The van der Waals surface area contributed by atoms with E-state index in [-0.39, 0.29) is 11.6 Å². The summed E-state index contributed by atoms with van der Waals surface area (Å²) in [6.45, 7) is 0.367. The first-order chi connectivity index (χ1) is 13.1. The van der Waals surface area contributed by atoms with Gasteiger partial charge < -0.3 is 16.4 Å². The molecule has 0 spiro atoms. The van der Waals surface area contributed by atoms with E-state index in [1.165, 1.54) is 10.6 Å². The van der Waals surface area contributed by atoms with Crippen molar-refractivity contribution in [2.24, 2.45) is 5.73 Å². The van der Waals surface area contributed by atoms with Crippen LogP contribution in [0.2, 0.25) is 0 Å². The van der Waals surface area contributed by atoms with Crippen molar-refractivity contribution in [2.75, 3.05) is 12.4 Å². The van der Waals surface area contributed by atoms with Crippen LogP contribution in [0.15, 0.2) is 42.7 Å². The Morgan fingerprint density at radius 3 is 2.93 bits per heavy atom. The molecule has 0 unspecified atom stereocenters. The summed E-state index contributed by atoms with van der Waals surface area (Å²) in [5.41, 5.74) is 8.22. The summed E-state index contributed by atoms with van der Waals surface area (Å²) in [5, 5.41) is 6.77. The molecule has 2 amide bonds. The minimum Gasteiger partial charge on any atom is -0.365 e. The zero-order chi connectivity index (χ0) is 19.0. The highest BCUT2D eigenvalue weighted by atomic mass is 32.1. The second-order valence-electron chi connectivity index (χ2n) is 5.88. The van der Waals surface area contributed by atoms with E-state index in [1.54, 1.807) is 29.7 Å². The molecule has 9 heteroatoms. The molecule has 0 saturated carbocycles. The number of anilines is 1. The summed E-state index contributed by atoms with van der Waals surface area (Å²) in [6.07, 6.45) is 3.02. The molecule has 27 heavy (non-hydrogen) atoms. The van der Waals surface area contributed by atoms with E-state index in [0.29, 0.717) is 17.8 Å². The SMILES string of the molecule is CNc1nc2ccc(CNC(=O)c3cccn4c(C(N)=O)cnc34)cc2s1. The number of nitrogens with one attached hydrogen (secondary N) is 2. The highest BCUT2D eigenvalue weighted by Crippen LogP contribution is 2.26. The first-order valence-electron chi connectivity index (χ1n) is 8.18. The number of benzene rings is 1. The van der Waals surface area contributed by atoms with Gasteiger partial charge in [-0.25, -0.2) is 9.97 Å². The predicted octanol–water partition coefficient (Wildman–Crippen LogP) is 2.01. The Morgan fingerprint density at radius 1 is 1.30 bits per heavy atom. The van der Waals surface area contributed by atoms with Crippen molar-refractivity contribution >= 4 is 44.1 Å². The van der Waals surface area contributed by atoms with E-state index in [0.717, 1.165) is 20.9 Å². The average molecular weight is 380 g/mol. The molecule has 4 rings (SSSR count). The highest BCUT2D eigenvalue weighted by molar-refractivity contribution is 7.22. The third-order valence-corrected chi connectivity index (χ3v) is 5.19. The smallest absolute Gasteiger partial charge is 0.267 e. The Morgan fingerprint density at radius 2 is 2.15 bits per heavy atom. The summed E-state index contributed by atoms with van der Waals surface area (Å²) >= 11 is 1.56. The van der Waals surface area contributed by atoms with E-state index in [9.17, 15) is 9.59 Å². The molecule has 0 saturated heterocycles. The molecule has 8 nitrogen and oxygen atoms in total. The lowest BCUT2D eigenvalue weighted by atomic mass is 10.2. The number of carbonyl (C=O) groups excluding carboxylic acids is 2. The fourth-order valence-corrected chi connectivity index (χ4v) is 3.72.